The van der Waals surface area contributed by atoms with E-state index in [0.717, 1.165) is 34.9 Å². The van der Waals surface area contributed by atoms with Gasteiger partial charge >= 0.3 is 6.03 Å². The van der Waals surface area contributed by atoms with Crippen LogP contribution in [0.2, 0.25) is 5.02 Å². The second-order valence-corrected chi connectivity index (χ2v) is 10.4. The minimum absolute atomic E-state index is 0.0357. The first kappa shape index (κ1) is 28.3. The zero-order valence-electron chi connectivity index (χ0n) is 23.0. The Kier molecular flexibility index (Phi) is 8.64. The number of halogens is 2. The Morgan fingerprint density at radius 3 is 2.56 bits per heavy atom. The fourth-order valence-corrected chi connectivity index (χ4v) is 5.03. The molecule has 41 heavy (non-hydrogen) atoms. The van der Waals surface area contributed by atoms with Gasteiger partial charge in [0.1, 0.15) is 12.4 Å². The average Bonchev–Trinajstić information content (AvgIpc) is 3.74. The Balaban J connectivity index is 1.35. The Morgan fingerprint density at radius 1 is 1.05 bits per heavy atom. The molecule has 1 aliphatic rings. The number of aromatic amines is 1. The van der Waals surface area contributed by atoms with Crippen molar-refractivity contribution in [3.63, 3.8) is 0 Å². The number of methoxy groups -OCH3 is 2. The van der Waals surface area contributed by atoms with Crippen molar-refractivity contribution < 1.29 is 23.5 Å². The molecule has 5 rings (SSSR count). The fraction of sp³-hybridized carbons (Fsp3) is 0.290. The molecule has 4 aromatic rings. The summed E-state index contributed by atoms with van der Waals surface area (Å²) in [6, 6.07) is 17.1. The van der Waals surface area contributed by atoms with Gasteiger partial charge in [0.25, 0.3) is 0 Å². The number of amides is 3. The molecule has 0 saturated heterocycles. The topological polar surface area (TPSA) is 86.9 Å². The van der Waals surface area contributed by atoms with Gasteiger partial charge in [0.2, 0.25) is 5.91 Å². The van der Waals surface area contributed by atoms with Crippen LogP contribution in [-0.2, 0) is 17.8 Å². The smallest absolute Gasteiger partial charge is 0.322 e. The summed E-state index contributed by atoms with van der Waals surface area (Å²) < 4.78 is 24.4. The zero-order chi connectivity index (χ0) is 28.9. The number of rotatable bonds is 11. The van der Waals surface area contributed by atoms with Gasteiger partial charge in [-0.05, 0) is 66.8 Å². The molecule has 1 fully saturated rings. The molecular weight excluding hydrogens is 547 g/mol. The Labute approximate surface area is 243 Å². The van der Waals surface area contributed by atoms with Crippen molar-refractivity contribution in [3.05, 3.63) is 88.8 Å². The monoisotopic (exact) mass is 578 g/mol. The summed E-state index contributed by atoms with van der Waals surface area (Å²) in [5.41, 5.74) is 3.38. The normalized spacial score (nSPS) is 12.7. The summed E-state index contributed by atoms with van der Waals surface area (Å²) in [7, 11) is 3.15. The number of H-pyrrole nitrogens is 1. The van der Waals surface area contributed by atoms with Gasteiger partial charge in [-0.1, -0.05) is 35.9 Å². The van der Waals surface area contributed by atoms with Gasteiger partial charge < -0.3 is 29.6 Å². The highest BCUT2D eigenvalue weighted by Crippen LogP contribution is 2.30. The lowest BCUT2D eigenvalue weighted by Gasteiger charge is -2.28. The number of hydrogen-bond donors (Lipinski definition) is 2. The van der Waals surface area contributed by atoms with Crippen LogP contribution < -0.4 is 14.8 Å². The highest BCUT2D eigenvalue weighted by atomic mass is 35.5. The number of aromatic nitrogens is 1. The third-order valence-electron chi connectivity index (χ3n) is 7.23. The molecule has 0 bridgehead atoms. The standard InChI is InChI=1S/C31H32ClFN4O4/c1-40-28-12-7-20(15-29(28)41-2)18-36(14-13-21-17-34-27-6-4-3-5-24(21)27)30(38)19-37(23-9-10-23)31(39)35-22-8-11-26(33)25(32)16-22/h3-8,11-12,15-17,23,34H,9-10,13-14,18-19H2,1-2H3,(H,35,39). The minimum atomic E-state index is -0.570. The van der Waals surface area contributed by atoms with Crippen molar-refractivity contribution in [3.8, 4) is 11.5 Å². The molecule has 1 heterocycles. The molecular formula is C31H32ClFN4O4. The summed E-state index contributed by atoms with van der Waals surface area (Å²) in [5.74, 6) is 0.426. The summed E-state index contributed by atoms with van der Waals surface area (Å²) >= 11 is 5.89. The van der Waals surface area contributed by atoms with Crippen LogP contribution in [0.1, 0.15) is 24.0 Å². The van der Waals surface area contributed by atoms with Crippen LogP contribution in [-0.4, -0.2) is 60.1 Å². The fourth-order valence-electron chi connectivity index (χ4n) is 4.85. The quantitative estimate of drug-likeness (QED) is 0.220. The number of nitrogens with one attached hydrogen (secondary N) is 2. The summed E-state index contributed by atoms with van der Waals surface area (Å²) in [5, 5.41) is 3.78. The molecule has 3 amide bonds. The highest BCUT2D eigenvalue weighted by molar-refractivity contribution is 6.31. The molecule has 0 radical (unpaired) electrons. The van der Waals surface area contributed by atoms with Crippen LogP contribution in [0, 0.1) is 5.82 Å². The van der Waals surface area contributed by atoms with E-state index in [1.165, 1.54) is 18.2 Å². The second kappa shape index (κ2) is 12.5. The lowest BCUT2D eigenvalue weighted by molar-refractivity contribution is -0.132. The Bertz CT molecular complexity index is 1550. The van der Waals surface area contributed by atoms with Crippen molar-refractivity contribution in [2.75, 3.05) is 32.6 Å². The molecule has 2 N–H and O–H groups in total. The van der Waals surface area contributed by atoms with E-state index in [9.17, 15) is 14.0 Å². The minimum Gasteiger partial charge on any atom is -0.493 e. The number of nitrogens with zero attached hydrogens (tertiary/aromatic N) is 2. The van der Waals surface area contributed by atoms with E-state index in [-0.39, 0.29) is 23.5 Å². The number of fused-ring (bicyclic) bond motifs is 1. The third kappa shape index (κ3) is 6.74. The first-order valence-corrected chi connectivity index (χ1v) is 13.8. The van der Waals surface area contributed by atoms with Crippen molar-refractivity contribution in [1.82, 2.24) is 14.8 Å². The molecule has 0 aliphatic heterocycles. The van der Waals surface area contributed by atoms with Gasteiger partial charge in [-0.15, -0.1) is 0 Å². The van der Waals surface area contributed by atoms with Gasteiger partial charge in [-0.25, -0.2) is 9.18 Å². The van der Waals surface area contributed by atoms with Crippen LogP contribution in [0.25, 0.3) is 10.9 Å². The maximum Gasteiger partial charge on any atom is 0.322 e. The average molecular weight is 579 g/mol. The van der Waals surface area contributed by atoms with Crippen LogP contribution in [0.4, 0.5) is 14.9 Å². The van der Waals surface area contributed by atoms with Gasteiger partial charge in [-0.3, -0.25) is 4.79 Å². The predicted octanol–water partition coefficient (Wildman–Crippen LogP) is 6.25. The van der Waals surface area contributed by atoms with Crippen LogP contribution >= 0.6 is 11.6 Å². The van der Waals surface area contributed by atoms with Crippen LogP contribution in [0.3, 0.4) is 0 Å². The molecule has 1 saturated carbocycles. The molecule has 0 atom stereocenters. The number of carbonyl (C=O) groups is 2. The van der Waals surface area contributed by atoms with Gasteiger partial charge in [0.15, 0.2) is 11.5 Å². The van der Waals surface area contributed by atoms with Gasteiger partial charge in [0.05, 0.1) is 19.2 Å². The van der Waals surface area contributed by atoms with E-state index in [0.29, 0.717) is 36.7 Å². The first-order chi connectivity index (χ1) is 19.9. The van der Waals surface area contributed by atoms with Crippen LogP contribution in [0.15, 0.2) is 66.9 Å². The summed E-state index contributed by atoms with van der Waals surface area (Å²) in [6.07, 6.45) is 4.24. The number of hydrogen-bond acceptors (Lipinski definition) is 4. The van der Waals surface area contributed by atoms with E-state index in [1.54, 1.807) is 24.0 Å². The zero-order valence-corrected chi connectivity index (χ0v) is 23.7. The second-order valence-electron chi connectivity index (χ2n) is 10.0. The molecule has 0 spiro atoms. The molecule has 8 nitrogen and oxygen atoms in total. The number of carbonyl (C=O) groups excluding carboxylic acids is 2. The molecule has 3 aromatic carbocycles. The lowest BCUT2D eigenvalue weighted by Crippen LogP contribution is -2.45. The number of para-hydroxylation sites is 1. The van der Waals surface area contributed by atoms with E-state index in [1.807, 2.05) is 42.6 Å². The van der Waals surface area contributed by atoms with E-state index in [2.05, 4.69) is 16.4 Å². The SMILES string of the molecule is COc1ccc(CN(CCc2c[nH]c3ccccc23)C(=O)CN(C(=O)Nc2ccc(F)c(Cl)c2)C2CC2)cc1OC. The van der Waals surface area contributed by atoms with Crippen molar-refractivity contribution in [2.45, 2.75) is 31.8 Å². The molecule has 1 aliphatic carbocycles. The molecule has 0 unspecified atom stereocenters. The number of urea groups is 1. The van der Waals surface area contributed by atoms with Crippen molar-refractivity contribution in [1.29, 1.82) is 0 Å². The Morgan fingerprint density at radius 2 is 1.83 bits per heavy atom. The maximum absolute atomic E-state index is 13.8. The van der Waals surface area contributed by atoms with Gasteiger partial charge in [0, 0.05) is 41.9 Å². The molecule has 1 aromatic heterocycles. The number of benzene rings is 3. The van der Waals surface area contributed by atoms with Crippen molar-refractivity contribution >= 4 is 40.1 Å². The highest BCUT2D eigenvalue weighted by Gasteiger charge is 2.35. The van der Waals surface area contributed by atoms with Gasteiger partial charge in [-0.2, -0.15) is 0 Å². The molecule has 214 valence electrons. The van der Waals surface area contributed by atoms with E-state index in [4.69, 9.17) is 21.1 Å². The third-order valence-corrected chi connectivity index (χ3v) is 7.51. The molecule has 10 heteroatoms. The maximum atomic E-state index is 13.8. The Hall–Kier alpha value is -4.24. The first-order valence-electron chi connectivity index (χ1n) is 13.4. The largest absolute Gasteiger partial charge is 0.493 e. The van der Waals surface area contributed by atoms with E-state index >= 15 is 0 Å². The summed E-state index contributed by atoms with van der Waals surface area (Å²) in [6.45, 7) is 0.685. The number of ether oxygens (including phenoxy) is 2. The predicted molar refractivity (Wildman–Crippen MR) is 157 cm³/mol. The van der Waals surface area contributed by atoms with Crippen molar-refractivity contribution in [2.24, 2.45) is 0 Å². The number of anilines is 1. The lowest BCUT2D eigenvalue weighted by atomic mass is 10.1. The summed E-state index contributed by atoms with van der Waals surface area (Å²) in [4.78, 5) is 33.6. The van der Waals surface area contributed by atoms with E-state index < -0.39 is 11.8 Å². The van der Waals surface area contributed by atoms with Crippen LogP contribution in [0.5, 0.6) is 11.5 Å².